The third kappa shape index (κ3) is 3.23. The van der Waals surface area contributed by atoms with E-state index < -0.39 is 0 Å². The molecule has 4 nitrogen and oxygen atoms in total. The number of thiophene rings is 1. The SMILES string of the molecule is O=C1NC(=O)C(Cc2ccc3sc(C(=O)c4ccccc4)cc3c2)S1. The number of rotatable bonds is 4. The van der Waals surface area contributed by atoms with E-state index in [0.29, 0.717) is 16.9 Å². The van der Waals surface area contributed by atoms with Crippen LogP contribution in [-0.4, -0.2) is 22.2 Å². The van der Waals surface area contributed by atoms with Crippen molar-refractivity contribution < 1.29 is 14.4 Å². The lowest BCUT2D eigenvalue weighted by atomic mass is 10.1. The fourth-order valence-corrected chi connectivity index (χ4v) is 4.67. The fraction of sp³-hybridized carbons (Fsp3) is 0.105. The largest absolute Gasteiger partial charge is 0.288 e. The Labute approximate surface area is 152 Å². The molecule has 0 radical (unpaired) electrons. The van der Waals surface area contributed by atoms with Crippen molar-refractivity contribution in [1.29, 1.82) is 0 Å². The van der Waals surface area contributed by atoms with Crippen molar-refractivity contribution in [2.45, 2.75) is 11.7 Å². The van der Waals surface area contributed by atoms with Crippen LogP contribution in [0.3, 0.4) is 0 Å². The number of imide groups is 1. The van der Waals surface area contributed by atoms with Crippen LogP contribution >= 0.6 is 23.1 Å². The predicted octanol–water partition coefficient (Wildman–Crippen LogP) is 4.03. The number of carbonyl (C=O) groups is 3. The maximum Gasteiger partial charge on any atom is 0.286 e. The summed E-state index contributed by atoms with van der Waals surface area (Å²) in [5.41, 5.74) is 1.65. The second kappa shape index (κ2) is 6.46. The van der Waals surface area contributed by atoms with E-state index >= 15 is 0 Å². The van der Waals surface area contributed by atoms with Crippen LogP contribution in [-0.2, 0) is 11.2 Å². The Bertz CT molecular complexity index is 994. The predicted molar refractivity (Wildman–Crippen MR) is 100 cm³/mol. The molecule has 0 bridgehead atoms. The van der Waals surface area contributed by atoms with Gasteiger partial charge in [0.2, 0.25) is 11.7 Å². The highest BCUT2D eigenvalue weighted by Crippen LogP contribution is 2.30. The molecule has 2 heterocycles. The summed E-state index contributed by atoms with van der Waals surface area (Å²) in [4.78, 5) is 36.3. The van der Waals surface area contributed by atoms with Crippen LogP contribution in [0.4, 0.5) is 4.79 Å². The van der Waals surface area contributed by atoms with Crippen molar-refractivity contribution in [2.75, 3.05) is 0 Å². The van der Waals surface area contributed by atoms with Crippen LogP contribution in [0.2, 0.25) is 0 Å². The first-order valence-corrected chi connectivity index (χ1v) is 9.43. The highest BCUT2D eigenvalue weighted by molar-refractivity contribution is 8.15. The summed E-state index contributed by atoms with van der Waals surface area (Å²) in [6.45, 7) is 0. The molecule has 1 aromatic heterocycles. The normalized spacial score (nSPS) is 17.0. The average molecular weight is 367 g/mol. The zero-order valence-corrected chi connectivity index (χ0v) is 14.7. The summed E-state index contributed by atoms with van der Waals surface area (Å²) < 4.78 is 1.03. The van der Waals surface area contributed by atoms with Crippen molar-refractivity contribution in [1.82, 2.24) is 5.32 Å². The molecule has 2 aromatic carbocycles. The minimum atomic E-state index is -0.381. The minimum Gasteiger partial charge on any atom is -0.288 e. The van der Waals surface area contributed by atoms with E-state index in [2.05, 4.69) is 5.32 Å². The van der Waals surface area contributed by atoms with Crippen molar-refractivity contribution in [3.8, 4) is 0 Å². The van der Waals surface area contributed by atoms with Gasteiger partial charge in [-0.3, -0.25) is 19.7 Å². The number of hydrogen-bond acceptors (Lipinski definition) is 5. The lowest BCUT2D eigenvalue weighted by Crippen LogP contribution is -2.25. The fourth-order valence-electron chi connectivity index (χ4n) is 2.81. The van der Waals surface area contributed by atoms with Gasteiger partial charge in [0.05, 0.1) is 10.1 Å². The van der Waals surface area contributed by atoms with Gasteiger partial charge in [-0.05, 0) is 29.5 Å². The van der Waals surface area contributed by atoms with E-state index in [0.717, 1.165) is 27.4 Å². The van der Waals surface area contributed by atoms with Crippen molar-refractivity contribution >= 4 is 50.1 Å². The summed E-state index contributed by atoms with van der Waals surface area (Å²) in [6.07, 6.45) is 0.496. The molecule has 1 atom stereocenters. The first-order valence-electron chi connectivity index (χ1n) is 7.74. The van der Waals surface area contributed by atoms with Gasteiger partial charge in [0, 0.05) is 10.3 Å². The number of thioether (sulfide) groups is 1. The van der Waals surface area contributed by atoms with Gasteiger partial charge in [-0.15, -0.1) is 11.3 Å². The van der Waals surface area contributed by atoms with Gasteiger partial charge in [0.25, 0.3) is 5.24 Å². The number of amides is 2. The van der Waals surface area contributed by atoms with Crippen LogP contribution in [0.1, 0.15) is 20.8 Å². The van der Waals surface area contributed by atoms with Crippen molar-refractivity contribution in [3.63, 3.8) is 0 Å². The number of hydrogen-bond donors (Lipinski definition) is 1. The molecule has 1 N–H and O–H groups in total. The molecule has 25 heavy (non-hydrogen) atoms. The molecule has 1 fully saturated rings. The Morgan fingerprint density at radius 2 is 1.84 bits per heavy atom. The Hall–Kier alpha value is -2.44. The van der Waals surface area contributed by atoms with E-state index in [1.54, 1.807) is 0 Å². The summed E-state index contributed by atoms with van der Waals surface area (Å²) in [6, 6.07) is 17.0. The van der Waals surface area contributed by atoms with Gasteiger partial charge in [0.15, 0.2) is 0 Å². The first-order chi connectivity index (χ1) is 12.1. The highest BCUT2D eigenvalue weighted by atomic mass is 32.2. The van der Waals surface area contributed by atoms with Crippen molar-refractivity contribution in [3.05, 3.63) is 70.6 Å². The molecular weight excluding hydrogens is 354 g/mol. The molecule has 0 spiro atoms. The number of nitrogens with one attached hydrogen (secondary N) is 1. The first kappa shape index (κ1) is 16.1. The molecule has 1 unspecified atom stereocenters. The Morgan fingerprint density at radius 1 is 1.04 bits per heavy atom. The summed E-state index contributed by atoms with van der Waals surface area (Å²) in [5, 5.41) is 2.62. The maximum absolute atomic E-state index is 12.6. The molecule has 1 aliphatic heterocycles. The summed E-state index contributed by atoms with van der Waals surface area (Å²) >= 11 is 2.49. The number of fused-ring (bicyclic) bond motifs is 1. The highest BCUT2D eigenvalue weighted by Gasteiger charge is 2.31. The van der Waals surface area contributed by atoms with E-state index in [4.69, 9.17) is 0 Å². The maximum atomic E-state index is 12.6. The zero-order valence-electron chi connectivity index (χ0n) is 13.0. The molecule has 2 amide bonds. The second-order valence-electron chi connectivity index (χ2n) is 5.77. The monoisotopic (exact) mass is 367 g/mol. The molecule has 3 aromatic rings. The third-order valence-corrected chi connectivity index (χ3v) is 6.12. The number of benzene rings is 2. The molecule has 0 aliphatic carbocycles. The Balaban J connectivity index is 1.60. The molecule has 1 aliphatic rings. The topological polar surface area (TPSA) is 63.2 Å². The summed E-state index contributed by atoms with van der Waals surface area (Å²) in [7, 11) is 0. The lowest BCUT2D eigenvalue weighted by Gasteiger charge is -2.05. The molecule has 124 valence electrons. The standard InChI is InChI=1S/C19H13NO3S2/c21-17(12-4-2-1-3-5-12)15-10-13-8-11(6-7-14(13)24-15)9-16-18(22)20-19(23)25-16/h1-8,10,16H,9H2,(H,20,22,23). The molecular formula is C19H13NO3S2. The van der Waals surface area contributed by atoms with E-state index in [1.807, 2.05) is 54.6 Å². The van der Waals surface area contributed by atoms with Crippen LogP contribution in [0.5, 0.6) is 0 Å². The zero-order chi connectivity index (χ0) is 17.4. The van der Waals surface area contributed by atoms with Crippen LogP contribution in [0, 0.1) is 0 Å². The average Bonchev–Trinajstić information content (AvgIpc) is 3.17. The van der Waals surface area contributed by atoms with Crippen LogP contribution in [0.25, 0.3) is 10.1 Å². The van der Waals surface area contributed by atoms with Crippen molar-refractivity contribution in [2.24, 2.45) is 0 Å². The third-order valence-electron chi connectivity index (χ3n) is 4.03. The van der Waals surface area contributed by atoms with Gasteiger partial charge < -0.3 is 0 Å². The minimum absolute atomic E-state index is 0.0136. The number of ketones is 1. The van der Waals surface area contributed by atoms with E-state index in [1.165, 1.54) is 11.3 Å². The number of carbonyl (C=O) groups excluding carboxylic acids is 3. The smallest absolute Gasteiger partial charge is 0.286 e. The lowest BCUT2D eigenvalue weighted by molar-refractivity contribution is -0.118. The quantitative estimate of drug-likeness (QED) is 0.707. The molecule has 0 saturated carbocycles. The van der Waals surface area contributed by atoms with Gasteiger partial charge in [-0.2, -0.15) is 0 Å². The Morgan fingerprint density at radius 3 is 2.56 bits per heavy atom. The van der Waals surface area contributed by atoms with E-state index in [9.17, 15) is 14.4 Å². The molecule has 1 saturated heterocycles. The van der Waals surface area contributed by atoms with Gasteiger partial charge in [-0.25, -0.2) is 0 Å². The van der Waals surface area contributed by atoms with Gasteiger partial charge in [-0.1, -0.05) is 54.2 Å². The van der Waals surface area contributed by atoms with Gasteiger partial charge in [0.1, 0.15) is 0 Å². The summed E-state index contributed by atoms with van der Waals surface area (Å²) in [5.74, 6) is -0.222. The van der Waals surface area contributed by atoms with Gasteiger partial charge >= 0.3 is 0 Å². The van der Waals surface area contributed by atoms with Crippen LogP contribution in [0.15, 0.2) is 54.6 Å². The molecule has 4 rings (SSSR count). The van der Waals surface area contributed by atoms with E-state index in [-0.39, 0.29) is 22.2 Å². The molecule has 6 heteroatoms. The second-order valence-corrected chi connectivity index (χ2v) is 8.02. The Kier molecular flexibility index (Phi) is 4.15. The van der Waals surface area contributed by atoms with Crippen LogP contribution < -0.4 is 5.32 Å².